The van der Waals surface area contributed by atoms with Gasteiger partial charge in [0, 0.05) is 19.1 Å². The van der Waals surface area contributed by atoms with Crippen LogP contribution in [0.25, 0.3) is 0 Å². The molecule has 1 N–H and O–H groups in total. The molecule has 2 fully saturated rings. The van der Waals surface area contributed by atoms with E-state index < -0.39 is 0 Å². The van der Waals surface area contributed by atoms with Gasteiger partial charge in [0.05, 0.1) is 0 Å². The monoisotopic (exact) mass is 238 g/mol. The van der Waals surface area contributed by atoms with Crippen molar-refractivity contribution in [2.75, 3.05) is 26.7 Å². The topological polar surface area (TPSA) is 15.3 Å². The lowest BCUT2D eigenvalue weighted by Gasteiger charge is -2.35. The van der Waals surface area contributed by atoms with E-state index in [1.165, 1.54) is 64.6 Å². The van der Waals surface area contributed by atoms with Crippen molar-refractivity contribution in [3.63, 3.8) is 0 Å². The standard InChI is InChI=1S/C15H30N2/c1-3-10-16-15-7-5-4-6-14(15)12-17(2)11-13-8-9-13/h13-16H,3-12H2,1-2H3. The van der Waals surface area contributed by atoms with Crippen molar-refractivity contribution in [1.29, 1.82) is 0 Å². The Kier molecular flexibility index (Phi) is 5.30. The maximum Gasteiger partial charge on any atom is 0.0107 e. The lowest BCUT2D eigenvalue weighted by atomic mass is 9.84. The third-order valence-electron chi connectivity index (χ3n) is 4.38. The molecule has 0 aromatic rings. The molecule has 2 aliphatic rings. The minimum Gasteiger partial charge on any atom is -0.314 e. The number of hydrogen-bond acceptors (Lipinski definition) is 2. The van der Waals surface area contributed by atoms with Crippen molar-refractivity contribution in [3.8, 4) is 0 Å². The molecule has 2 rings (SSSR count). The molecule has 2 heteroatoms. The summed E-state index contributed by atoms with van der Waals surface area (Å²) in [5.74, 6) is 1.93. The Morgan fingerprint density at radius 1 is 1.06 bits per heavy atom. The van der Waals surface area contributed by atoms with Crippen molar-refractivity contribution in [1.82, 2.24) is 10.2 Å². The summed E-state index contributed by atoms with van der Waals surface area (Å²) in [5.41, 5.74) is 0. The molecule has 0 bridgehead atoms. The van der Waals surface area contributed by atoms with E-state index in [0.29, 0.717) is 0 Å². The van der Waals surface area contributed by atoms with Gasteiger partial charge in [0.1, 0.15) is 0 Å². The van der Waals surface area contributed by atoms with E-state index in [0.717, 1.165) is 17.9 Å². The summed E-state index contributed by atoms with van der Waals surface area (Å²) in [5, 5.41) is 3.77. The van der Waals surface area contributed by atoms with Gasteiger partial charge >= 0.3 is 0 Å². The Hall–Kier alpha value is -0.0800. The van der Waals surface area contributed by atoms with Gasteiger partial charge < -0.3 is 10.2 Å². The van der Waals surface area contributed by atoms with Crippen LogP contribution in [0, 0.1) is 11.8 Å². The zero-order chi connectivity index (χ0) is 12.1. The molecule has 2 nitrogen and oxygen atoms in total. The molecule has 0 aromatic heterocycles. The van der Waals surface area contributed by atoms with E-state index in [9.17, 15) is 0 Å². The fourth-order valence-corrected chi connectivity index (χ4v) is 3.24. The summed E-state index contributed by atoms with van der Waals surface area (Å²) in [4.78, 5) is 2.59. The Bertz CT molecular complexity index is 213. The van der Waals surface area contributed by atoms with E-state index >= 15 is 0 Å². The van der Waals surface area contributed by atoms with Gasteiger partial charge in [-0.25, -0.2) is 0 Å². The third kappa shape index (κ3) is 4.59. The van der Waals surface area contributed by atoms with Crippen LogP contribution in [0.15, 0.2) is 0 Å². The lowest BCUT2D eigenvalue weighted by molar-refractivity contribution is 0.185. The third-order valence-corrected chi connectivity index (χ3v) is 4.38. The highest BCUT2D eigenvalue weighted by molar-refractivity contribution is 4.84. The first-order chi connectivity index (χ1) is 8.29. The number of nitrogens with one attached hydrogen (secondary N) is 1. The molecule has 0 radical (unpaired) electrons. The average molecular weight is 238 g/mol. The van der Waals surface area contributed by atoms with Crippen LogP contribution in [0.1, 0.15) is 51.9 Å². The van der Waals surface area contributed by atoms with Crippen LogP contribution in [0.4, 0.5) is 0 Å². The van der Waals surface area contributed by atoms with Gasteiger partial charge in [-0.1, -0.05) is 19.8 Å². The van der Waals surface area contributed by atoms with Crippen LogP contribution in [-0.2, 0) is 0 Å². The predicted octanol–water partition coefficient (Wildman–Crippen LogP) is 2.89. The fourth-order valence-electron chi connectivity index (χ4n) is 3.24. The zero-order valence-electron chi connectivity index (χ0n) is 11.8. The molecule has 2 aliphatic carbocycles. The summed E-state index contributed by atoms with van der Waals surface area (Å²) in [6.45, 7) is 6.13. The molecule has 0 heterocycles. The van der Waals surface area contributed by atoms with E-state index in [1.807, 2.05) is 0 Å². The molecule has 0 amide bonds. The second-order valence-electron chi connectivity index (χ2n) is 6.27. The van der Waals surface area contributed by atoms with E-state index in [-0.39, 0.29) is 0 Å². The number of nitrogens with zero attached hydrogens (tertiary/aromatic N) is 1. The highest BCUT2D eigenvalue weighted by Crippen LogP contribution is 2.31. The maximum atomic E-state index is 3.77. The van der Waals surface area contributed by atoms with Crippen LogP contribution >= 0.6 is 0 Å². The van der Waals surface area contributed by atoms with Crippen molar-refractivity contribution in [2.45, 2.75) is 57.9 Å². The van der Waals surface area contributed by atoms with Gasteiger partial charge in [-0.2, -0.15) is 0 Å². The Balaban J connectivity index is 1.73. The summed E-state index contributed by atoms with van der Waals surface area (Å²) in [7, 11) is 2.32. The summed E-state index contributed by atoms with van der Waals surface area (Å²) in [6.07, 6.45) is 9.95. The first-order valence-corrected chi connectivity index (χ1v) is 7.71. The first-order valence-electron chi connectivity index (χ1n) is 7.71. The minimum absolute atomic E-state index is 0.797. The molecule has 2 atom stereocenters. The van der Waals surface area contributed by atoms with Crippen molar-refractivity contribution in [3.05, 3.63) is 0 Å². The minimum atomic E-state index is 0.797. The maximum absolute atomic E-state index is 3.77. The van der Waals surface area contributed by atoms with Crippen LogP contribution in [0.3, 0.4) is 0 Å². The molecule has 17 heavy (non-hydrogen) atoms. The Morgan fingerprint density at radius 3 is 2.53 bits per heavy atom. The second-order valence-corrected chi connectivity index (χ2v) is 6.27. The van der Waals surface area contributed by atoms with Crippen molar-refractivity contribution >= 4 is 0 Å². The normalized spacial score (nSPS) is 29.8. The molecule has 0 aromatic carbocycles. The fraction of sp³-hybridized carbons (Fsp3) is 1.00. The predicted molar refractivity (Wildman–Crippen MR) is 74.3 cm³/mol. The molecule has 0 aliphatic heterocycles. The Morgan fingerprint density at radius 2 is 1.82 bits per heavy atom. The molecule has 2 unspecified atom stereocenters. The highest BCUT2D eigenvalue weighted by atomic mass is 15.1. The van der Waals surface area contributed by atoms with Crippen molar-refractivity contribution < 1.29 is 0 Å². The first kappa shape index (κ1) is 13.4. The molecular weight excluding hydrogens is 208 g/mol. The van der Waals surface area contributed by atoms with Gasteiger partial charge in [0.25, 0.3) is 0 Å². The molecule has 0 saturated heterocycles. The zero-order valence-corrected chi connectivity index (χ0v) is 11.8. The van der Waals surface area contributed by atoms with Gasteiger partial charge in [-0.15, -0.1) is 0 Å². The smallest absolute Gasteiger partial charge is 0.0107 e. The lowest BCUT2D eigenvalue weighted by Crippen LogP contribution is -2.44. The van der Waals surface area contributed by atoms with Gasteiger partial charge in [0.2, 0.25) is 0 Å². The number of rotatable bonds is 7. The van der Waals surface area contributed by atoms with E-state index in [2.05, 4.69) is 24.2 Å². The van der Waals surface area contributed by atoms with Crippen LogP contribution < -0.4 is 5.32 Å². The number of hydrogen-bond donors (Lipinski definition) is 1. The van der Waals surface area contributed by atoms with Gasteiger partial charge in [0.15, 0.2) is 0 Å². The van der Waals surface area contributed by atoms with Gasteiger partial charge in [-0.3, -0.25) is 0 Å². The Labute approximate surface area is 107 Å². The van der Waals surface area contributed by atoms with Crippen LogP contribution in [0.2, 0.25) is 0 Å². The van der Waals surface area contributed by atoms with Crippen LogP contribution in [-0.4, -0.2) is 37.6 Å². The summed E-state index contributed by atoms with van der Waals surface area (Å²) in [6, 6.07) is 0.797. The van der Waals surface area contributed by atoms with Crippen LogP contribution in [0.5, 0.6) is 0 Å². The molecule has 2 saturated carbocycles. The molecule has 0 spiro atoms. The molecule has 100 valence electrons. The average Bonchev–Trinajstić information content (AvgIpc) is 3.11. The SMILES string of the molecule is CCCNC1CCCCC1CN(C)CC1CC1. The van der Waals surface area contributed by atoms with E-state index in [1.54, 1.807) is 0 Å². The largest absolute Gasteiger partial charge is 0.314 e. The summed E-state index contributed by atoms with van der Waals surface area (Å²) >= 11 is 0. The molecular formula is C15H30N2. The quantitative estimate of drug-likeness (QED) is 0.733. The van der Waals surface area contributed by atoms with Gasteiger partial charge in [-0.05, 0) is 57.5 Å². The van der Waals surface area contributed by atoms with E-state index in [4.69, 9.17) is 0 Å². The second kappa shape index (κ2) is 6.75. The summed E-state index contributed by atoms with van der Waals surface area (Å²) < 4.78 is 0. The van der Waals surface area contributed by atoms with Crippen molar-refractivity contribution in [2.24, 2.45) is 11.8 Å². The highest BCUT2D eigenvalue weighted by Gasteiger charge is 2.28.